The van der Waals surface area contributed by atoms with Crippen LogP contribution < -0.4 is 5.76 Å². The van der Waals surface area contributed by atoms with Crippen molar-refractivity contribution in [3.05, 3.63) is 58.9 Å². The van der Waals surface area contributed by atoms with Crippen molar-refractivity contribution < 1.29 is 13.6 Å². The molecule has 0 radical (unpaired) electrons. The topological polar surface area (TPSA) is 83.3 Å². The molecule has 0 atom stereocenters. The van der Waals surface area contributed by atoms with E-state index in [-0.39, 0.29) is 19.0 Å². The van der Waals surface area contributed by atoms with Gasteiger partial charge in [-0.15, -0.1) is 5.10 Å². The Kier molecular flexibility index (Phi) is 3.65. The molecule has 0 N–H and O–H groups in total. The van der Waals surface area contributed by atoms with Crippen LogP contribution in [-0.4, -0.2) is 21.9 Å². The molecule has 0 saturated carbocycles. The quantitative estimate of drug-likeness (QED) is 0.710. The van der Waals surface area contributed by atoms with Crippen molar-refractivity contribution in [3.8, 4) is 11.3 Å². The van der Waals surface area contributed by atoms with Gasteiger partial charge < -0.3 is 13.6 Å². The molecular weight excluding hydrogens is 274 g/mol. The van der Waals surface area contributed by atoms with Crippen LogP contribution in [0.3, 0.4) is 0 Å². The first-order valence-electron chi connectivity index (χ1n) is 6.32. The molecule has 0 bridgehead atoms. The van der Waals surface area contributed by atoms with Crippen LogP contribution in [0, 0.1) is 0 Å². The maximum atomic E-state index is 11.6. The number of ether oxygens (including phenoxy) is 1. The largest absolute Gasteiger partial charge is 0.439 e. The molecule has 2 aromatic heterocycles. The Labute approximate surface area is 119 Å². The summed E-state index contributed by atoms with van der Waals surface area (Å²) < 4.78 is 16.5. The van der Waals surface area contributed by atoms with Crippen LogP contribution in [0.2, 0.25) is 0 Å². The van der Waals surface area contributed by atoms with E-state index in [9.17, 15) is 4.79 Å². The highest BCUT2D eigenvalue weighted by Crippen LogP contribution is 2.19. The number of hydrogen-bond acceptors (Lipinski definition) is 6. The molecular formula is C14H13N3O4. The fourth-order valence-electron chi connectivity index (χ4n) is 1.88. The van der Waals surface area contributed by atoms with Gasteiger partial charge in [-0.2, -0.15) is 4.68 Å². The third-order valence-corrected chi connectivity index (χ3v) is 2.81. The van der Waals surface area contributed by atoms with Gasteiger partial charge >= 0.3 is 5.76 Å². The van der Waals surface area contributed by atoms with E-state index in [1.54, 1.807) is 6.20 Å². The Bertz CT molecular complexity index is 773. The second kappa shape index (κ2) is 5.76. The maximum absolute atomic E-state index is 11.6. The summed E-state index contributed by atoms with van der Waals surface area (Å²) in [5, 5.41) is 3.99. The van der Waals surface area contributed by atoms with Gasteiger partial charge in [0.05, 0.1) is 6.20 Å². The van der Waals surface area contributed by atoms with Crippen LogP contribution in [0.4, 0.5) is 0 Å². The summed E-state index contributed by atoms with van der Waals surface area (Å²) >= 11 is 0. The Morgan fingerprint density at radius 3 is 2.76 bits per heavy atom. The molecule has 21 heavy (non-hydrogen) atoms. The van der Waals surface area contributed by atoms with Crippen molar-refractivity contribution in [2.75, 3.05) is 7.11 Å². The van der Waals surface area contributed by atoms with Gasteiger partial charge in [-0.25, -0.2) is 9.78 Å². The molecule has 7 nitrogen and oxygen atoms in total. The summed E-state index contributed by atoms with van der Waals surface area (Å²) in [6.45, 7) is 0.252. The lowest BCUT2D eigenvalue weighted by Crippen LogP contribution is -2.16. The van der Waals surface area contributed by atoms with E-state index in [1.807, 2.05) is 30.3 Å². The summed E-state index contributed by atoms with van der Waals surface area (Å²) in [5.41, 5.74) is 0.920. The molecule has 0 fully saturated rings. The Hall–Kier alpha value is -2.67. The van der Waals surface area contributed by atoms with Gasteiger partial charge in [0.2, 0.25) is 11.8 Å². The molecule has 0 saturated heterocycles. The molecule has 3 rings (SSSR count). The smallest absolute Gasteiger partial charge is 0.437 e. The van der Waals surface area contributed by atoms with Crippen molar-refractivity contribution >= 4 is 0 Å². The minimum atomic E-state index is -0.568. The van der Waals surface area contributed by atoms with Crippen LogP contribution in [0.5, 0.6) is 0 Å². The van der Waals surface area contributed by atoms with Crippen LogP contribution >= 0.6 is 0 Å². The van der Waals surface area contributed by atoms with Crippen LogP contribution in [-0.2, 0) is 17.9 Å². The number of nitrogens with zero attached hydrogens (tertiary/aromatic N) is 3. The van der Waals surface area contributed by atoms with E-state index in [0.29, 0.717) is 11.7 Å². The van der Waals surface area contributed by atoms with Crippen LogP contribution in [0.1, 0.15) is 11.8 Å². The second-order valence-electron chi connectivity index (χ2n) is 4.34. The van der Waals surface area contributed by atoms with Crippen molar-refractivity contribution in [2.24, 2.45) is 0 Å². The minimum absolute atomic E-state index is 0.110. The van der Waals surface area contributed by atoms with Gasteiger partial charge in [-0.1, -0.05) is 30.3 Å². The van der Waals surface area contributed by atoms with E-state index < -0.39 is 5.76 Å². The molecule has 7 heteroatoms. The Balaban J connectivity index is 1.80. The summed E-state index contributed by atoms with van der Waals surface area (Å²) in [4.78, 5) is 15.7. The molecule has 1 aromatic carbocycles. The SMILES string of the molecule is COCc1nn(Cc2ncc(-c3ccccc3)o2)c(=O)o1. The summed E-state index contributed by atoms with van der Waals surface area (Å²) in [5.74, 6) is 0.673. The van der Waals surface area contributed by atoms with Crippen LogP contribution in [0.25, 0.3) is 11.3 Å². The third kappa shape index (κ3) is 2.92. The first-order valence-corrected chi connectivity index (χ1v) is 6.32. The van der Waals surface area contributed by atoms with E-state index in [4.69, 9.17) is 13.6 Å². The normalized spacial score (nSPS) is 10.9. The number of oxazole rings is 1. The molecule has 0 aliphatic carbocycles. The molecule has 0 amide bonds. The first-order chi connectivity index (χ1) is 10.3. The molecule has 2 heterocycles. The zero-order valence-corrected chi connectivity index (χ0v) is 11.4. The fourth-order valence-corrected chi connectivity index (χ4v) is 1.88. The number of hydrogen-bond donors (Lipinski definition) is 0. The molecule has 0 spiro atoms. The van der Waals surface area contributed by atoms with Crippen molar-refractivity contribution in [3.63, 3.8) is 0 Å². The van der Waals surface area contributed by atoms with Crippen molar-refractivity contribution in [1.82, 2.24) is 14.8 Å². The minimum Gasteiger partial charge on any atom is -0.439 e. The zero-order valence-electron chi connectivity index (χ0n) is 11.4. The molecule has 3 aromatic rings. The number of benzene rings is 1. The van der Waals surface area contributed by atoms with Gasteiger partial charge in [-0.05, 0) is 0 Å². The molecule has 0 unspecified atom stereocenters. The van der Waals surface area contributed by atoms with Gasteiger partial charge in [-0.3, -0.25) is 0 Å². The monoisotopic (exact) mass is 287 g/mol. The summed E-state index contributed by atoms with van der Waals surface area (Å²) in [7, 11) is 1.50. The highest BCUT2D eigenvalue weighted by atomic mass is 16.5. The molecule has 108 valence electrons. The highest BCUT2D eigenvalue weighted by molar-refractivity contribution is 5.55. The summed E-state index contributed by atoms with van der Waals surface area (Å²) in [6.07, 6.45) is 1.62. The number of methoxy groups -OCH3 is 1. The average Bonchev–Trinajstić information content (AvgIpc) is 3.09. The predicted octanol–water partition coefficient (Wildman–Crippen LogP) is 1.69. The Morgan fingerprint density at radius 1 is 1.19 bits per heavy atom. The lowest BCUT2D eigenvalue weighted by molar-refractivity contribution is 0.158. The fraction of sp³-hybridized carbons (Fsp3) is 0.214. The van der Waals surface area contributed by atoms with Crippen molar-refractivity contribution in [1.29, 1.82) is 0 Å². The highest BCUT2D eigenvalue weighted by Gasteiger charge is 2.12. The van der Waals surface area contributed by atoms with Gasteiger partial charge in [0.15, 0.2) is 5.76 Å². The van der Waals surface area contributed by atoms with E-state index in [0.717, 1.165) is 10.2 Å². The average molecular weight is 287 g/mol. The van der Waals surface area contributed by atoms with Crippen LogP contribution in [0.15, 0.2) is 50.2 Å². The van der Waals surface area contributed by atoms with Crippen molar-refractivity contribution in [2.45, 2.75) is 13.2 Å². The standard InChI is InChI=1S/C14H13N3O4/c1-19-9-13-16-17(14(18)21-13)8-12-15-7-11(20-12)10-5-3-2-4-6-10/h2-7H,8-9H2,1H3. The second-order valence-corrected chi connectivity index (χ2v) is 4.34. The number of aromatic nitrogens is 3. The maximum Gasteiger partial charge on any atom is 0.437 e. The van der Waals surface area contributed by atoms with E-state index in [1.165, 1.54) is 7.11 Å². The number of rotatable bonds is 5. The first kappa shape index (κ1) is 13.3. The Morgan fingerprint density at radius 2 is 2.00 bits per heavy atom. The predicted molar refractivity (Wildman–Crippen MR) is 72.5 cm³/mol. The van der Waals surface area contributed by atoms with E-state index >= 15 is 0 Å². The lowest BCUT2D eigenvalue weighted by atomic mass is 10.2. The molecule has 0 aliphatic rings. The zero-order chi connectivity index (χ0) is 14.7. The summed E-state index contributed by atoms with van der Waals surface area (Å²) in [6, 6.07) is 9.59. The van der Waals surface area contributed by atoms with Gasteiger partial charge in [0.25, 0.3) is 0 Å². The van der Waals surface area contributed by atoms with E-state index in [2.05, 4.69) is 10.1 Å². The third-order valence-electron chi connectivity index (χ3n) is 2.81. The van der Waals surface area contributed by atoms with Gasteiger partial charge in [0, 0.05) is 12.7 Å². The van der Waals surface area contributed by atoms with Gasteiger partial charge in [0.1, 0.15) is 13.2 Å². The molecule has 0 aliphatic heterocycles. The lowest BCUT2D eigenvalue weighted by Gasteiger charge is -1.95.